The van der Waals surface area contributed by atoms with Crippen molar-refractivity contribution in [2.24, 2.45) is 0 Å². The molecule has 0 spiro atoms. The van der Waals surface area contributed by atoms with Gasteiger partial charge in [0.1, 0.15) is 5.82 Å². The van der Waals surface area contributed by atoms with Crippen LogP contribution in [0.2, 0.25) is 0 Å². The van der Waals surface area contributed by atoms with E-state index in [0.717, 1.165) is 29.6 Å². The maximum Gasteiger partial charge on any atom is 0.237 e. The largest absolute Gasteiger partial charge is 0.454 e. The van der Waals surface area contributed by atoms with Crippen molar-refractivity contribution in [2.45, 2.75) is 61.9 Å². The number of nitrogens with zero attached hydrogens (tertiary/aromatic N) is 2. The number of hydrogen-bond acceptors (Lipinski definition) is 7. The minimum atomic E-state index is -0.320. The summed E-state index contributed by atoms with van der Waals surface area (Å²) < 4.78 is 10.8. The lowest BCUT2D eigenvalue weighted by Crippen LogP contribution is -2.25. The van der Waals surface area contributed by atoms with Crippen LogP contribution < -0.4 is 20.1 Å². The van der Waals surface area contributed by atoms with Crippen LogP contribution in [0.5, 0.6) is 11.5 Å². The lowest BCUT2D eigenvalue weighted by atomic mass is 9.95. The maximum absolute atomic E-state index is 13.0. The first-order valence-corrected chi connectivity index (χ1v) is 12.5. The Kier molecular flexibility index (Phi) is 6.53. The van der Waals surface area contributed by atoms with Gasteiger partial charge in [-0.1, -0.05) is 50.1 Å². The second-order valence-electron chi connectivity index (χ2n) is 8.42. The Morgan fingerprint density at radius 2 is 1.91 bits per heavy atom. The van der Waals surface area contributed by atoms with Gasteiger partial charge in [0.05, 0.1) is 10.8 Å². The molecule has 7 nitrogen and oxygen atoms in total. The minimum absolute atomic E-state index is 0.0834. The van der Waals surface area contributed by atoms with Gasteiger partial charge in [-0.15, -0.1) is 0 Å². The van der Waals surface area contributed by atoms with Crippen molar-refractivity contribution < 1.29 is 14.3 Å². The molecule has 5 rings (SSSR count). The molecule has 1 aliphatic heterocycles. The Labute approximate surface area is 197 Å². The summed E-state index contributed by atoms with van der Waals surface area (Å²) in [6, 6.07) is 13.9. The molecule has 2 heterocycles. The molecule has 1 aliphatic carbocycles. The number of anilines is 2. The Balaban J connectivity index is 1.34. The number of benzene rings is 2. The summed E-state index contributed by atoms with van der Waals surface area (Å²) in [6.07, 6.45) is 6.79. The molecule has 33 heavy (non-hydrogen) atoms. The van der Waals surface area contributed by atoms with E-state index < -0.39 is 0 Å². The highest BCUT2D eigenvalue weighted by Crippen LogP contribution is 2.35. The summed E-state index contributed by atoms with van der Waals surface area (Å²) in [4.78, 5) is 22.6. The maximum atomic E-state index is 13.0. The number of carbonyl (C=O) groups excluding carboxylic acids is 1. The van der Waals surface area contributed by atoms with Gasteiger partial charge >= 0.3 is 0 Å². The molecule has 2 N–H and O–H groups in total. The lowest BCUT2D eigenvalue weighted by molar-refractivity contribution is -0.115. The van der Waals surface area contributed by atoms with Gasteiger partial charge < -0.3 is 20.1 Å². The predicted molar refractivity (Wildman–Crippen MR) is 131 cm³/mol. The summed E-state index contributed by atoms with van der Waals surface area (Å²) in [5.41, 5.74) is 1.57. The van der Waals surface area contributed by atoms with Gasteiger partial charge in [0.15, 0.2) is 16.7 Å². The van der Waals surface area contributed by atoms with E-state index in [1.165, 1.54) is 31.0 Å². The first-order chi connectivity index (χ1) is 16.2. The number of nitrogens with one attached hydrogen (secondary N) is 2. The highest BCUT2D eigenvalue weighted by Gasteiger charge is 2.23. The van der Waals surface area contributed by atoms with E-state index in [4.69, 9.17) is 19.4 Å². The third kappa shape index (κ3) is 5.00. The molecule has 3 aromatic rings. The molecule has 1 fully saturated rings. The van der Waals surface area contributed by atoms with Crippen molar-refractivity contribution in [1.29, 1.82) is 0 Å². The van der Waals surface area contributed by atoms with Crippen LogP contribution in [-0.2, 0) is 4.79 Å². The van der Waals surface area contributed by atoms with Crippen LogP contribution in [0, 0.1) is 0 Å². The van der Waals surface area contributed by atoms with Crippen molar-refractivity contribution in [3.8, 4) is 11.5 Å². The van der Waals surface area contributed by atoms with Crippen molar-refractivity contribution in [1.82, 2.24) is 9.97 Å². The molecule has 0 bridgehead atoms. The van der Waals surface area contributed by atoms with Crippen LogP contribution in [0.3, 0.4) is 0 Å². The first-order valence-electron chi connectivity index (χ1n) is 11.6. The second kappa shape index (κ2) is 9.87. The van der Waals surface area contributed by atoms with Crippen LogP contribution in [0.15, 0.2) is 47.6 Å². The lowest BCUT2D eigenvalue weighted by Gasteiger charge is -2.24. The molecule has 0 saturated heterocycles. The number of carbonyl (C=O) groups is 1. The van der Waals surface area contributed by atoms with Gasteiger partial charge in [-0.05, 0) is 43.5 Å². The van der Waals surface area contributed by atoms with Crippen molar-refractivity contribution in [3.63, 3.8) is 0 Å². The zero-order valence-corrected chi connectivity index (χ0v) is 19.5. The van der Waals surface area contributed by atoms with Crippen LogP contribution in [-0.4, -0.2) is 34.0 Å². The fourth-order valence-corrected chi connectivity index (χ4v) is 5.19. The quantitative estimate of drug-likeness (QED) is 0.347. The molecule has 2 aliphatic rings. The van der Waals surface area contributed by atoms with E-state index in [1.807, 2.05) is 37.3 Å². The Bertz CT molecular complexity index is 1150. The van der Waals surface area contributed by atoms with Crippen LogP contribution >= 0.6 is 11.8 Å². The Morgan fingerprint density at radius 1 is 1.09 bits per heavy atom. The van der Waals surface area contributed by atoms with Gasteiger partial charge in [-0.3, -0.25) is 4.79 Å². The van der Waals surface area contributed by atoms with E-state index >= 15 is 0 Å². The number of hydrogen-bond donors (Lipinski definition) is 2. The van der Waals surface area contributed by atoms with Gasteiger partial charge in [0, 0.05) is 23.2 Å². The summed E-state index contributed by atoms with van der Waals surface area (Å²) in [6.45, 7) is 2.20. The number of fused-ring (bicyclic) bond motifs is 2. The molecular weight excluding hydrogens is 436 g/mol. The number of amides is 1. The molecular formula is C25H28N4O3S. The minimum Gasteiger partial charge on any atom is -0.454 e. The predicted octanol–water partition coefficient (Wildman–Crippen LogP) is 5.61. The van der Waals surface area contributed by atoms with E-state index in [0.29, 0.717) is 34.8 Å². The molecule has 1 atom stereocenters. The summed E-state index contributed by atoms with van der Waals surface area (Å²) in [5.74, 6) is 2.11. The summed E-state index contributed by atoms with van der Waals surface area (Å²) in [5, 5.41) is 7.96. The monoisotopic (exact) mass is 464 g/mol. The van der Waals surface area contributed by atoms with Gasteiger partial charge in [0.2, 0.25) is 12.7 Å². The summed E-state index contributed by atoms with van der Waals surface area (Å²) in [7, 11) is 0. The smallest absolute Gasteiger partial charge is 0.237 e. The van der Waals surface area contributed by atoms with Crippen LogP contribution in [0.1, 0.15) is 45.4 Å². The number of aromatic nitrogens is 2. The molecule has 1 amide bonds. The SMILES string of the molecule is CC[C@@H](Sc1nc(NC2CCCCC2)c2ccccc2n1)C(=O)Nc1ccc2c(c1)OCO2. The zero-order valence-electron chi connectivity index (χ0n) is 18.7. The topological polar surface area (TPSA) is 85.4 Å². The average Bonchev–Trinajstić information content (AvgIpc) is 3.31. The Morgan fingerprint density at radius 3 is 2.76 bits per heavy atom. The van der Waals surface area contributed by atoms with E-state index in [1.54, 1.807) is 6.07 Å². The first kappa shape index (κ1) is 21.8. The second-order valence-corrected chi connectivity index (χ2v) is 9.59. The molecule has 8 heteroatoms. The van der Waals surface area contributed by atoms with Crippen molar-refractivity contribution in [3.05, 3.63) is 42.5 Å². The van der Waals surface area contributed by atoms with Crippen molar-refractivity contribution >= 4 is 40.1 Å². The molecule has 172 valence electrons. The standard InChI is InChI=1S/C25H28N4O3S/c1-2-22(24(30)27-17-12-13-20-21(14-17)32-15-31-20)33-25-28-19-11-7-6-10-18(19)23(29-25)26-16-8-4-3-5-9-16/h6-7,10-14,16,22H,2-5,8-9,15H2,1H3,(H,27,30)(H,26,28,29)/t22-/m1/s1. The highest BCUT2D eigenvalue weighted by molar-refractivity contribution is 8.00. The average molecular weight is 465 g/mol. The van der Waals surface area contributed by atoms with E-state index in [9.17, 15) is 4.79 Å². The Hall–Kier alpha value is -3.00. The number of para-hydroxylation sites is 1. The van der Waals surface area contributed by atoms with Gasteiger partial charge in [-0.2, -0.15) is 0 Å². The molecule has 0 radical (unpaired) electrons. The fourth-order valence-electron chi connectivity index (χ4n) is 4.30. The third-order valence-electron chi connectivity index (χ3n) is 6.08. The molecule has 2 aromatic carbocycles. The third-order valence-corrected chi connectivity index (χ3v) is 7.31. The number of ether oxygens (including phenoxy) is 2. The van der Waals surface area contributed by atoms with Crippen LogP contribution in [0.25, 0.3) is 10.9 Å². The highest BCUT2D eigenvalue weighted by atomic mass is 32.2. The van der Waals surface area contributed by atoms with Crippen molar-refractivity contribution in [2.75, 3.05) is 17.4 Å². The molecule has 0 unspecified atom stereocenters. The molecule has 1 aromatic heterocycles. The molecule has 1 saturated carbocycles. The normalized spacial score (nSPS) is 16.5. The van der Waals surface area contributed by atoms with Gasteiger partial charge in [-0.25, -0.2) is 9.97 Å². The van der Waals surface area contributed by atoms with Crippen LogP contribution in [0.4, 0.5) is 11.5 Å². The van der Waals surface area contributed by atoms with Gasteiger partial charge in [0.25, 0.3) is 0 Å². The van der Waals surface area contributed by atoms with E-state index in [-0.39, 0.29) is 18.0 Å². The number of rotatable bonds is 7. The van der Waals surface area contributed by atoms with E-state index in [2.05, 4.69) is 16.7 Å². The zero-order chi connectivity index (χ0) is 22.6. The fraction of sp³-hybridized carbons (Fsp3) is 0.400. The summed E-state index contributed by atoms with van der Waals surface area (Å²) >= 11 is 1.40. The number of thioether (sulfide) groups is 1.